The average Bonchev–Trinajstić information content (AvgIpc) is 3.28. The number of rotatable bonds is 5. The Morgan fingerprint density at radius 1 is 1.08 bits per heavy atom. The number of fused-ring (bicyclic) bond motifs is 2. The van der Waals surface area contributed by atoms with E-state index in [1.54, 1.807) is 36.1 Å². The fourth-order valence-corrected chi connectivity index (χ4v) is 6.69. The van der Waals surface area contributed by atoms with Gasteiger partial charge in [0.1, 0.15) is 6.54 Å². The predicted octanol–water partition coefficient (Wildman–Crippen LogP) is 4.52. The molecule has 0 spiro atoms. The van der Waals surface area contributed by atoms with Crippen LogP contribution in [0.3, 0.4) is 0 Å². The highest BCUT2D eigenvalue weighted by Crippen LogP contribution is 2.50. The number of amides is 5. The molecule has 0 saturated carbocycles. The number of para-hydroxylation sites is 1. The molecule has 2 aromatic rings. The molecule has 2 atom stereocenters. The molecule has 3 heterocycles. The van der Waals surface area contributed by atoms with E-state index in [1.807, 2.05) is 38.1 Å². The molecule has 0 aromatic heterocycles. The van der Waals surface area contributed by atoms with Crippen molar-refractivity contribution in [2.45, 2.75) is 32.6 Å². The molecule has 2 aromatic carbocycles. The number of imide groups is 1. The smallest absolute Gasteiger partial charge is 0.410 e. The molecular weight excluding hydrogens is 504 g/mol. The van der Waals surface area contributed by atoms with Crippen LogP contribution in [0.5, 0.6) is 0 Å². The number of nitrogens with one attached hydrogen (secondary N) is 1. The Labute approximate surface area is 225 Å². The minimum Gasteiger partial charge on any atom is -0.450 e. The summed E-state index contributed by atoms with van der Waals surface area (Å²) in [5.41, 5.74) is 4.20. The lowest BCUT2D eigenvalue weighted by Crippen LogP contribution is -2.61. The normalized spacial score (nSPS) is 20.9. The second kappa shape index (κ2) is 10.5. The van der Waals surface area contributed by atoms with Gasteiger partial charge in [0.25, 0.3) is 0 Å². The number of urea groups is 1. The summed E-state index contributed by atoms with van der Waals surface area (Å²) < 4.78 is 5.17. The molecule has 10 heteroatoms. The van der Waals surface area contributed by atoms with E-state index in [-0.39, 0.29) is 25.0 Å². The fourth-order valence-electron chi connectivity index (χ4n) is 5.08. The van der Waals surface area contributed by atoms with Crippen molar-refractivity contribution in [3.8, 4) is 0 Å². The SMILES string of the molecule is CCOC(=O)N1CCC2=C(C1)SC1C2C(=O)N(c2ccccc2)C(=O)N1CC(=O)Nc1ccc(C)c(C)c1. The van der Waals surface area contributed by atoms with E-state index in [0.717, 1.165) is 21.6 Å². The summed E-state index contributed by atoms with van der Waals surface area (Å²) >= 11 is 1.39. The number of carbonyl (C=O) groups excluding carboxylic acids is 4. The zero-order valence-electron chi connectivity index (χ0n) is 21.6. The van der Waals surface area contributed by atoms with E-state index in [1.165, 1.54) is 21.6 Å². The maximum Gasteiger partial charge on any atom is 0.410 e. The zero-order chi connectivity index (χ0) is 27.0. The molecular formula is C28H30N4O5S. The lowest BCUT2D eigenvalue weighted by molar-refractivity contribution is -0.124. The van der Waals surface area contributed by atoms with Crippen molar-refractivity contribution >= 4 is 47.1 Å². The van der Waals surface area contributed by atoms with Crippen molar-refractivity contribution in [3.05, 3.63) is 70.1 Å². The highest BCUT2D eigenvalue weighted by molar-refractivity contribution is 8.04. The van der Waals surface area contributed by atoms with Crippen molar-refractivity contribution in [2.24, 2.45) is 5.92 Å². The number of aryl methyl sites for hydroxylation is 2. The van der Waals surface area contributed by atoms with Crippen LogP contribution in [0.4, 0.5) is 21.0 Å². The van der Waals surface area contributed by atoms with Crippen molar-refractivity contribution in [2.75, 3.05) is 36.5 Å². The van der Waals surface area contributed by atoms with Gasteiger partial charge in [-0.25, -0.2) is 14.5 Å². The van der Waals surface area contributed by atoms with Crippen molar-refractivity contribution < 1.29 is 23.9 Å². The van der Waals surface area contributed by atoms with E-state index in [4.69, 9.17) is 4.74 Å². The summed E-state index contributed by atoms with van der Waals surface area (Å²) in [5.74, 6) is -1.24. The molecule has 3 aliphatic heterocycles. The molecule has 9 nitrogen and oxygen atoms in total. The van der Waals surface area contributed by atoms with E-state index in [0.29, 0.717) is 30.9 Å². The standard InChI is InChI=1S/C28H30N4O5S/c1-4-37-28(36)30-13-12-21-22(15-30)38-26-24(21)25(34)32(20-8-6-5-7-9-20)27(35)31(26)16-23(33)29-19-11-10-17(2)18(3)14-19/h5-11,14,24,26H,4,12-13,15-16H2,1-3H3,(H,29,33). The van der Waals surface area contributed by atoms with E-state index >= 15 is 0 Å². The summed E-state index contributed by atoms with van der Waals surface area (Å²) in [6, 6.07) is 13.9. The molecule has 3 aliphatic rings. The Morgan fingerprint density at radius 2 is 1.84 bits per heavy atom. The van der Waals surface area contributed by atoms with E-state index < -0.39 is 23.4 Å². The third-order valence-corrected chi connectivity index (χ3v) is 8.59. The van der Waals surface area contributed by atoms with Gasteiger partial charge < -0.3 is 19.9 Å². The van der Waals surface area contributed by atoms with Crippen molar-refractivity contribution in [1.82, 2.24) is 9.80 Å². The molecule has 2 unspecified atom stereocenters. The van der Waals surface area contributed by atoms with Crippen LogP contribution in [0.15, 0.2) is 59.0 Å². The van der Waals surface area contributed by atoms with Gasteiger partial charge in [-0.1, -0.05) is 24.3 Å². The largest absolute Gasteiger partial charge is 0.450 e. The third-order valence-electron chi connectivity index (χ3n) is 7.14. The van der Waals surface area contributed by atoms with Crippen LogP contribution in [-0.2, 0) is 14.3 Å². The topological polar surface area (TPSA) is 99.3 Å². The number of benzene rings is 2. The Hall–Kier alpha value is -3.79. The van der Waals surface area contributed by atoms with Gasteiger partial charge in [-0.15, -0.1) is 11.8 Å². The van der Waals surface area contributed by atoms with Gasteiger partial charge in [-0.05, 0) is 68.2 Å². The zero-order valence-corrected chi connectivity index (χ0v) is 22.4. The van der Waals surface area contributed by atoms with Gasteiger partial charge in [0.15, 0.2) is 0 Å². The first-order valence-corrected chi connectivity index (χ1v) is 13.5. The monoisotopic (exact) mass is 534 g/mol. The molecule has 198 valence electrons. The number of hydrogen-bond donors (Lipinski definition) is 1. The number of ether oxygens (including phenoxy) is 1. The molecule has 0 radical (unpaired) electrons. The summed E-state index contributed by atoms with van der Waals surface area (Å²) in [7, 11) is 0. The Bertz CT molecular complexity index is 1330. The predicted molar refractivity (Wildman–Crippen MR) is 146 cm³/mol. The lowest BCUT2D eigenvalue weighted by atomic mass is 9.90. The van der Waals surface area contributed by atoms with Crippen molar-refractivity contribution in [1.29, 1.82) is 0 Å². The first-order valence-electron chi connectivity index (χ1n) is 12.7. The number of thioether (sulfide) groups is 1. The van der Waals surface area contributed by atoms with Gasteiger partial charge in [0.05, 0.1) is 30.1 Å². The quantitative estimate of drug-likeness (QED) is 0.606. The second-order valence-corrected chi connectivity index (χ2v) is 10.8. The van der Waals surface area contributed by atoms with Crippen LogP contribution in [0.25, 0.3) is 0 Å². The van der Waals surface area contributed by atoms with Gasteiger partial charge in [0, 0.05) is 17.1 Å². The Balaban J connectivity index is 1.43. The highest BCUT2D eigenvalue weighted by Gasteiger charge is 2.54. The maximum absolute atomic E-state index is 13.8. The van der Waals surface area contributed by atoms with Gasteiger partial charge >= 0.3 is 12.1 Å². The number of carbonyl (C=O) groups is 4. The highest BCUT2D eigenvalue weighted by atomic mass is 32.2. The van der Waals surface area contributed by atoms with E-state index in [2.05, 4.69) is 5.32 Å². The molecule has 1 fully saturated rings. The third kappa shape index (κ3) is 4.76. The first kappa shape index (κ1) is 25.8. The van der Waals surface area contributed by atoms with Gasteiger partial charge in [-0.3, -0.25) is 9.59 Å². The van der Waals surface area contributed by atoms with Crippen LogP contribution in [-0.4, -0.2) is 65.4 Å². The van der Waals surface area contributed by atoms with Gasteiger partial charge in [-0.2, -0.15) is 0 Å². The van der Waals surface area contributed by atoms with E-state index in [9.17, 15) is 19.2 Å². The fraction of sp³-hybridized carbons (Fsp3) is 0.357. The van der Waals surface area contributed by atoms with Crippen LogP contribution in [0.1, 0.15) is 24.5 Å². The molecule has 1 N–H and O–H groups in total. The summed E-state index contributed by atoms with van der Waals surface area (Å²) in [6.45, 7) is 6.55. The summed E-state index contributed by atoms with van der Waals surface area (Å²) in [4.78, 5) is 58.3. The molecule has 5 rings (SSSR count). The number of hydrogen-bond acceptors (Lipinski definition) is 6. The lowest BCUT2D eigenvalue weighted by Gasteiger charge is -2.42. The van der Waals surface area contributed by atoms with Crippen LogP contribution < -0.4 is 10.2 Å². The molecule has 5 amide bonds. The van der Waals surface area contributed by atoms with Crippen molar-refractivity contribution in [3.63, 3.8) is 0 Å². The molecule has 0 aliphatic carbocycles. The van der Waals surface area contributed by atoms with Crippen LogP contribution in [0.2, 0.25) is 0 Å². The Morgan fingerprint density at radius 3 is 2.55 bits per heavy atom. The average molecular weight is 535 g/mol. The Kier molecular flexibility index (Phi) is 7.16. The van der Waals surface area contributed by atoms with Gasteiger partial charge in [0.2, 0.25) is 11.8 Å². The molecule has 38 heavy (non-hydrogen) atoms. The van der Waals surface area contributed by atoms with Crippen LogP contribution in [0, 0.1) is 19.8 Å². The number of nitrogens with zero attached hydrogens (tertiary/aromatic N) is 3. The summed E-state index contributed by atoms with van der Waals surface area (Å²) in [6.07, 6.45) is 0.112. The second-order valence-electron chi connectivity index (χ2n) is 9.57. The molecule has 1 saturated heterocycles. The minimum atomic E-state index is -0.591. The first-order chi connectivity index (χ1) is 18.3. The van der Waals surface area contributed by atoms with Crippen LogP contribution >= 0.6 is 11.8 Å². The number of anilines is 2. The maximum atomic E-state index is 13.8. The molecule has 0 bridgehead atoms. The minimum absolute atomic E-state index is 0.210. The summed E-state index contributed by atoms with van der Waals surface area (Å²) in [5, 5.41) is 2.33.